The van der Waals surface area contributed by atoms with Gasteiger partial charge in [0.1, 0.15) is 5.41 Å². The zero-order valence-electron chi connectivity index (χ0n) is 19.6. The number of anilines is 1. The summed E-state index contributed by atoms with van der Waals surface area (Å²) in [5, 5.41) is 5.28. The van der Waals surface area contributed by atoms with Gasteiger partial charge >= 0.3 is 17.1 Å². The molecule has 0 bridgehead atoms. The number of carbonyl (C=O) groups is 1. The van der Waals surface area contributed by atoms with Crippen molar-refractivity contribution in [1.82, 2.24) is 0 Å². The molecule has 0 aliphatic rings. The molecular weight excluding hydrogens is 470 g/mol. The standard InChI is InChI=1S/C27H22NO.C5H5.Fe/c1-2-27(23-15-4-3-5-16-23,20-19-21-11-6-7-12-21)26(29)28-25-18-10-14-22-13-8-9-17-24(22)25;1-2-4-5-3-1;/h3-18H,2H2,1H3,(H,28,29);1-5H;/q2*-1;+2/t27-;;/m1../s1. The molecule has 0 unspecified atom stereocenters. The Hall–Kier alpha value is -3.83. The van der Waals surface area contributed by atoms with Crippen LogP contribution < -0.4 is 5.32 Å². The Morgan fingerprint density at radius 3 is 2.20 bits per heavy atom. The summed E-state index contributed by atoms with van der Waals surface area (Å²) in [6.45, 7) is 2.01. The first kappa shape index (κ1) is 25.8. The Kier molecular flexibility index (Phi) is 9.27. The molecule has 0 aromatic heterocycles. The van der Waals surface area contributed by atoms with E-state index in [0.29, 0.717) is 6.42 Å². The minimum absolute atomic E-state index is 0. The number of benzene rings is 3. The predicted molar refractivity (Wildman–Crippen MR) is 142 cm³/mol. The second kappa shape index (κ2) is 12.6. The minimum atomic E-state index is -0.935. The third-order valence-electron chi connectivity index (χ3n) is 5.86. The van der Waals surface area contributed by atoms with Crippen LogP contribution in [0.2, 0.25) is 0 Å². The van der Waals surface area contributed by atoms with Crippen LogP contribution in [0.15, 0.2) is 127 Å². The maximum Gasteiger partial charge on any atom is 2.00 e. The van der Waals surface area contributed by atoms with E-state index in [1.54, 1.807) is 0 Å². The van der Waals surface area contributed by atoms with E-state index in [4.69, 9.17) is 0 Å². The molecule has 0 aliphatic heterocycles. The zero-order chi connectivity index (χ0) is 23.6. The van der Waals surface area contributed by atoms with Crippen molar-refractivity contribution < 1.29 is 21.9 Å². The molecule has 3 heteroatoms. The molecule has 0 spiro atoms. The van der Waals surface area contributed by atoms with Gasteiger partial charge in [-0.2, -0.15) is 42.3 Å². The van der Waals surface area contributed by atoms with Crippen molar-refractivity contribution in [3.8, 4) is 11.8 Å². The van der Waals surface area contributed by atoms with Gasteiger partial charge in [-0.15, -0.1) is 17.6 Å². The molecule has 0 saturated heterocycles. The first-order valence-corrected chi connectivity index (χ1v) is 11.5. The van der Waals surface area contributed by atoms with Crippen LogP contribution in [0, 0.1) is 11.8 Å². The van der Waals surface area contributed by atoms with E-state index in [9.17, 15) is 4.79 Å². The molecule has 5 aromatic carbocycles. The fraction of sp³-hybridized carbons (Fsp3) is 0.0938. The summed E-state index contributed by atoms with van der Waals surface area (Å²) in [6.07, 6.45) is 0.571. The van der Waals surface area contributed by atoms with E-state index >= 15 is 0 Å². The van der Waals surface area contributed by atoms with Crippen molar-refractivity contribution in [2.45, 2.75) is 18.8 Å². The van der Waals surface area contributed by atoms with Crippen molar-refractivity contribution >= 4 is 22.4 Å². The second-order valence-corrected chi connectivity index (χ2v) is 7.99. The van der Waals surface area contributed by atoms with Crippen LogP contribution in [0.3, 0.4) is 0 Å². The summed E-state index contributed by atoms with van der Waals surface area (Å²) in [7, 11) is 0. The molecule has 1 atom stereocenters. The number of rotatable bonds is 4. The molecule has 1 amide bonds. The van der Waals surface area contributed by atoms with Crippen LogP contribution >= 0.6 is 0 Å². The number of carbonyl (C=O) groups excluding carboxylic acids is 1. The monoisotopic (exact) mass is 497 g/mol. The molecule has 5 aromatic rings. The second-order valence-electron chi connectivity index (χ2n) is 7.99. The van der Waals surface area contributed by atoms with E-state index in [1.807, 2.05) is 134 Å². The number of nitrogens with one attached hydrogen (secondary N) is 1. The Balaban J connectivity index is 0.000000509. The molecule has 0 saturated carbocycles. The van der Waals surface area contributed by atoms with Gasteiger partial charge in [-0.3, -0.25) is 4.79 Å². The van der Waals surface area contributed by atoms with E-state index in [-0.39, 0.29) is 23.0 Å². The summed E-state index contributed by atoms with van der Waals surface area (Å²) in [6, 6.07) is 41.6. The largest absolute Gasteiger partial charge is 2.00 e. The Morgan fingerprint density at radius 2 is 1.54 bits per heavy atom. The normalized spacial score (nSPS) is 11.6. The Labute approximate surface area is 218 Å². The van der Waals surface area contributed by atoms with E-state index < -0.39 is 5.41 Å². The number of hydrogen-bond acceptors (Lipinski definition) is 1. The Morgan fingerprint density at radius 1 is 0.829 bits per heavy atom. The molecule has 5 rings (SSSR count). The van der Waals surface area contributed by atoms with Gasteiger partial charge in [0, 0.05) is 11.1 Å². The van der Waals surface area contributed by atoms with Gasteiger partial charge in [-0.1, -0.05) is 73.7 Å². The minimum Gasteiger partial charge on any atom is -0.324 e. The van der Waals surface area contributed by atoms with E-state index in [2.05, 4.69) is 17.2 Å². The predicted octanol–water partition coefficient (Wildman–Crippen LogP) is 7.30. The maximum atomic E-state index is 13.7. The van der Waals surface area contributed by atoms with Crippen molar-refractivity contribution in [2.24, 2.45) is 0 Å². The number of hydrogen-bond donors (Lipinski definition) is 1. The molecule has 0 radical (unpaired) electrons. The number of fused-ring (bicyclic) bond motifs is 1. The smallest absolute Gasteiger partial charge is 0.324 e. The molecule has 2 nitrogen and oxygen atoms in total. The maximum absolute atomic E-state index is 13.7. The van der Waals surface area contributed by atoms with Crippen molar-refractivity contribution in [3.05, 3.63) is 139 Å². The molecule has 35 heavy (non-hydrogen) atoms. The number of amides is 1. The van der Waals surface area contributed by atoms with E-state index in [1.165, 1.54) is 0 Å². The third kappa shape index (κ3) is 6.19. The molecular formula is C32H27FeNO. The van der Waals surface area contributed by atoms with Gasteiger partial charge < -0.3 is 5.32 Å². The first-order chi connectivity index (χ1) is 16.7. The SMILES string of the molecule is CC[C@](C#Cc1ccc[cH-]1)(C(=O)Nc1cccc2ccccc12)c1ccccc1.[Fe+2].c1cc[cH-]c1. The molecule has 0 fully saturated rings. The molecule has 0 heterocycles. The summed E-state index contributed by atoms with van der Waals surface area (Å²) >= 11 is 0. The van der Waals surface area contributed by atoms with E-state index in [0.717, 1.165) is 27.6 Å². The summed E-state index contributed by atoms with van der Waals surface area (Å²) in [5.41, 5.74) is 1.68. The van der Waals surface area contributed by atoms with Crippen molar-refractivity contribution in [1.29, 1.82) is 0 Å². The summed E-state index contributed by atoms with van der Waals surface area (Å²) < 4.78 is 0. The third-order valence-corrected chi connectivity index (χ3v) is 5.86. The molecule has 0 aliphatic carbocycles. The Bertz CT molecular complexity index is 1350. The van der Waals surface area contributed by atoms with Crippen molar-refractivity contribution in [2.75, 3.05) is 5.32 Å². The summed E-state index contributed by atoms with van der Waals surface area (Å²) in [4.78, 5) is 13.7. The zero-order valence-corrected chi connectivity index (χ0v) is 20.7. The van der Waals surface area contributed by atoms with Gasteiger partial charge in [-0.05, 0) is 23.4 Å². The molecule has 174 valence electrons. The van der Waals surface area contributed by atoms with Crippen LogP contribution in [-0.2, 0) is 27.3 Å². The molecule has 1 N–H and O–H groups in total. The van der Waals surface area contributed by atoms with Gasteiger partial charge in [0.25, 0.3) is 0 Å². The average molecular weight is 497 g/mol. The van der Waals surface area contributed by atoms with Gasteiger partial charge in [0.05, 0.1) is 0 Å². The van der Waals surface area contributed by atoms with Crippen LogP contribution in [0.1, 0.15) is 24.5 Å². The topological polar surface area (TPSA) is 29.1 Å². The van der Waals surface area contributed by atoms with Gasteiger partial charge in [0.2, 0.25) is 5.91 Å². The quantitative estimate of drug-likeness (QED) is 0.158. The van der Waals surface area contributed by atoms with Crippen LogP contribution in [-0.4, -0.2) is 5.91 Å². The average Bonchev–Trinajstić information content (AvgIpc) is 3.63. The fourth-order valence-corrected chi connectivity index (χ4v) is 3.96. The summed E-state index contributed by atoms with van der Waals surface area (Å²) in [5.74, 6) is 6.41. The van der Waals surface area contributed by atoms with Crippen LogP contribution in [0.4, 0.5) is 5.69 Å². The fourth-order valence-electron chi connectivity index (χ4n) is 3.96. The van der Waals surface area contributed by atoms with Crippen molar-refractivity contribution in [3.63, 3.8) is 0 Å². The van der Waals surface area contributed by atoms with Crippen LogP contribution in [0.25, 0.3) is 10.8 Å². The van der Waals surface area contributed by atoms with Gasteiger partial charge in [-0.25, -0.2) is 12.1 Å². The first-order valence-electron chi connectivity index (χ1n) is 11.5. The van der Waals surface area contributed by atoms with Crippen LogP contribution in [0.5, 0.6) is 0 Å². The van der Waals surface area contributed by atoms with Gasteiger partial charge in [0.15, 0.2) is 0 Å².